The van der Waals surface area contributed by atoms with Gasteiger partial charge >= 0.3 is 0 Å². The quantitative estimate of drug-likeness (QED) is 0.723. The molecule has 1 aromatic carbocycles. The molecule has 0 saturated heterocycles. The number of benzene rings is 1. The number of nitrogens with zero attached hydrogens (tertiary/aromatic N) is 1. The van der Waals surface area contributed by atoms with E-state index in [1.165, 1.54) is 5.57 Å². The molecule has 0 unspecified atom stereocenters. The van der Waals surface area contributed by atoms with Crippen molar-refractivity contribution in [2.45, 2.75) is 13.3 Å². The van der Waals surface area contributed by atoms with Crippen molar-refractivity contribution in [1.29, 1.82) is 0 Å². The number of amides is 1. The van der Waals surface area contributed by atoms with Gasteiger partial charge in [-0.05, 0) is 31.5 Å². The molecular formula is C13H14BrNO. The van der Waals surface area contributed by atoms with Crippen molar-refractivity contribution in [3.8, 4) is 0 Å². The average molecular weight is 280 g/mol. The molecule has 0 N–H and O–H groups in total. The zero-order chi connectivity index (χ0) is 11.5. The van der Waals surface area contributed by atoms with Crippen LogP contribution in [-0.2, 0) is 0 Å². The standard InChI is InChI=1S/C13H14BrNO/c1-10-5-7-15(8-6-10)13(16)11-3-2-4-12(14)9-11/h2-5,9H,6-8H2,1H3. The van der Waals surface area contributed by atoms with Crippen LogP contribution in [0.15, 0.2) is 40.4 Å². The Morgan fingerprint density at radius 2 is 2.25 bits per heavy atom. The third kappa shape index (κ3) is 2.53. The maximum absolute atomic E-state index is 12.1. The monoisotopic (exact) mass is 279 g/mol. The lowest BCUT2D eigenvalue weighted by Crippen LogP contribution is -2.34. The van der Waals surface area contributed by atoms with Gasteiger partial charge in [0, 0.05) is 23.1 Å². The van der Waals surface area contributed by atoms with Crippen molar-refractivity contribution in [2.24, 2.45) is 0 Å². The molecule has 84 valence electrons. The summed E-state index contributed by atoms with van der Waals surface area (Å²) in [4.78, 5) is 14.0. The first-order chi connectivity index (χ1) is 7.66. The Hall–Kier alpha value is -1.09. The summed E-state index contributed by atoms with van der Waals surface area (Å²) in [5.74, 6) is 0.116. The van der Waals surface area contributed by atoms with Crippen molar-refractivity contribution in [3.63, 3.8) is 0 Å². The van der Waals surface area contributed by atoms with E-state index in [1.54, 1.807) is 0 Å². The van der Waals surface area contributed by atoms with Crippen molar-refractivity contribution < 1.29 is 4.79 Å². The molecule has 16 heavy (non-hydrogen) atoms. The molecule has 0 saturated carbocycles. The molecule has 1 heterocycles. The maximum atomic E-state index is 12.1. The van der Waals surface area contributed by atoms with Gasteiger partial charge in [-0.25, -0.2) is 0 Å². The maximum Gasteiger partial charge on any atom is 0.254 e. The number of hydrogen-bond acceptors (Lipinski definition) is 1. The van der Waals surface area contributed by atoms with E-state index >= 15 is 0 Å². The highest BCUT2D eigenvalue weighted by atomic mass is 79.9. The molecule has 2 rings (SSSR count). The molecule has 1 aliphatic rings. The molecule has 0 aromatic heterocycles. The fraction of sp³-hybridized carbons (Fsp3) is 0.308. The summed E-state index contributed by atoms with van der Waals surface area (Å²) in [6.45, 7) is 3.67. The minimum atomic E-state index is 0.116. The van der Waals surface area contributed by atoms with Crippen LogP contribution in [0.25, 0.3) is 0 Å². The van der Waals surface area contributed by atoms with Crippen molar-refractivity contribution in [2.75, 3.05) is 13.1 Å². The highest BCUT2D eigenvalue weighted by Crippen LogP contribution is 2.16. The molecule has 1 aliphatic heterocycles. The van der Waals surface area contributed by atoms with Gasteiger partial charge in [0.05, 0.1) is 0 Å². The Morgan fingerprint density at radius 3 is 2.88 bits per heavy atom. The largest absolute Gasteiger partial charge is 0.335 e. The van der Waals surface area contributed by atoms with Gasteiger partial charge in [0.15, 0.2) is 0 Å². The smallest absolute Gasteiger partial charge is 0.254 e. The van der Waals surface area contributed by atoms with Crippen molar-refractivity contribution in [3.05, 3.63) is 46.0 Å². The van der Waals surface area contributed by atoms with Crippen LogP contribution in [0.4, 0.5) is 0 Å². The van der Waals surface area contributed by atoms with Crippen LogP contribution < -0.4 is 0 Å². The second-order valence-electron chi connectivity index (χ2n) is 4.06. The van der Waals surface area contributed by atoms with Crippen molar-refractivity contribution in [1.82, 2.24) is 4.90 Å². The topological polar surface area (TPSA) is 20.3 Å². The van der Waals surface area contributed by atoms with Crippen LogP contribution >= 0.6 is 15.9 Å². The van der Waals surface area contributed by atoms with Gasteiger partial charge in [0.2, 0.25) is 0 Å². The molecule has 3 heteroatoms. The number of hydrogen-bond donors (Lipinski definition) is 0. The molecular weight excluding hydrogens is 266 g/mol. The molecule has 0 fully saturated rings. The van der Waals surface area contributed by atoms with E-state index in [4.69, 9.17) is 0 Å². The van der Waals surface area contributed by atoms with E-state index in [0.29, 0.717) is 0 Å². The van der Waals surface area contributed by atoms with Crippen molar-refractivity contribution >= 4 is 21.8 Å². The van der Waals surface area contributed by atoms with E-state index in [0.717, 1.165) is 29.5 Å². The predicted molar refractivity (Wildman–Crippen MR) is 68.4 cm³/mol. The summed E-state index contributed by atoms with van der Waals surface area (Å²) in [5.41, 5.74) is 2.13. The fourth-order valence-corrected chi connectivity index (χ4v) is 2.16. The van der Waals surface area contributed by atoms with Gasteiger partial charge < -0.3 is 4.90 Å². The molecule has 1 amide bonds. The Labute approximate surface area is 104 Å². The molecule has 2 nitrogen and oxygen atoms in total. The van der Waals surface area contributed by atoms with E-state index in [2.05, 4.69) is 28.9 Å². The number of carbonyl (C=O) groups is 1. The molecule has 1 aromatic rings. The molecule has 0 atom stereocenters. The highest BCUT2D eigenvalue weighted by molar-refractivity contribution is 9.10. The summed E-state index contributed by atoms with van der Waals surface area (Å²) in [6, 6.07) is 7.55. The minimum Gasteiger partial charge on any atom is -0.335 e. The van der Waals surface area contributed by atoms with Gasteiger partial charge in [0.1, 0.15) is 0 Å². The van der Waals surface area contributed by atoms with E-state index in [9.17, 15) is 4.79 Å². The zero-order valence-corrected chi connectivity index (χ0v) is 10.8. The first kappa shape index (κ1) is 11.4. The lowest BCUT2D eigenvalue weighted by atomic mass is 10.1. The van der Waals surface area contributed by atoms with E-state index in [-0.39, 0.29) is 5.91 Å². The zero-order valence-electron chi connectivity index (χ0n) is 9.24. The number of rotatable bonds is 1. The minimum absolute atomic E-state index is 0.116. The first-order valence-corrected chi connectivity index (χ1v) is 6.16. The normalized spacial score (nSPS) is 15.9. The van der Waals surface area contributed by atoms with Gasteiger partial charge in [-0.2, -0.15) is 0 Å². The van der Waals surface area contributed by atoms with Crippen LogP contribution in [0, 0.1) is 0 Å². The van der Waals surface area contributed by atoms with Gasteiger partial charge in [0.25, 0.3) is 5.91 Å². The predicted octanol–water partition coefficient (Wildman–Crippen LogP) is 3.24. The lowest BCUT2D eigenvalue weighted by molar-refractivity contribution is 0.0769. The Morgan fingerprint density at radius 1 is 1.44 bits per heavy atom. The summed E-state index contributed by atoms with van der Waals surface area (Å²) in [6.07, 6.45) is 3.11. The van der Waals surface area contributed by atoms with Gasteiger partial charge in [-0.3, -0.25) is 4.79 Å². The van der Waals surface area contributed by atoms with Crippen LogP contribution in [-0.4, -0.2) is 23.9 Å². The Balaban J connectivity index is 2.14. The van der Waals surface area contributed by atoms with Crippen LogP contribution in [0.2, 0.25) is 0 Å². The molecule has 0 radical (unpaired) electrons. The van der Waals surface area contributed by atoms with Crippen LogP contribution in [0.3, 0.4) is 0 Å². The van der Waals surface area contributed by atoms with Crippen LogP contribution in [0.5, 0.6) is 0 Å². The molecule has 0 spiro atoms. The molecule has 0 bridgehead atoms. The second-order valence-corrected chi connectivity index (χ2v) is 4.98. The lowest BCUT2D eigenvalue weighted by Gasteiger charge is -2.25. The third-order valence-corrected chi connectivity index (χ3v) is 3.29. The van der Waals surface area contributed by atoms with E-state index < -0.39 is 0 Å². The Kier molecular flexibility index (Phi) is 3.44. The third-order valence-electron chi connectivity index (χ3n) is 2.79. The number of carbonyl (C=O) groups excluding carboxylic acids is 1. The highest BCUT2D eigenvalue weighted by Gasteiger charge is 2.17. The number of halogens is 1. The summed E-state index contributed by atoms with van der Waals surface area (Å²) < 4.78 is 0.946. The van der Waals surface area contributed by atoms with E-state index in [1.807, 2.05) is 29.2 Å². The van der Waals surface area contributed by atoms with Gasteiger partial charge in [-0.15, -0.1) is 0 Å². The molecule has 0 aliphatic carbocycles. The summed E-state index contributed by atoms with van der Waals surface area (Å²) in [5, 5.41) is 0. The summed E-state index contributed by atoms with van der Waals surface area (Å²) >= 11 is 3.38. The average Bonchev–Trinajstić information content (AvgIpc) is 2.29. The fourth-order valence-electron chi connectivity index (χ4n) is 1.76. The van der Waals surface area contributed by atoms with Crippen LogP contribution in [0.1, 0.15) is 23.7 Å². The Bertz CT molecular complexity index is 439. The first-order valence-electron chi connectivity index (χ1n) is 5.37. The second kappa shape index (κ2) is 4.83. The SMILES string of the molecule is CC1=CCN(C(=O)c2cccc(Br)c2)CC1. The van der Waals surface area contributed by atoms with Gasteiger partial charge in [-0.1, -0.05) is 33.6 Å². The summed E-state index contributed by atoms with van der Waals surface area (Å²) in [7, 11) is 0.